The van der Waals surface area contributed by atoms with E-state index in [1.807, 2.05) is 42.5 Å². The Kier molecular flexibility index (Phi) is 5.82. The van der Waals surface area contributed by atoms with Crippen molar-refractivity contribution < 1.29 is 5.11 Å². The third-order valence-electron chi connectivity index (χ3n) is 4.81. The molecule has 29 heavy (non-hydrogen) atoms. The van der Waals surface area contributed by atoms with Gasteiger partial charge in [0.05, 0.1) is 21.9 Å². The molecule has 0 saturated heterocycles. The van der Waals surface area contributed by atoms with E-state index >= 15 is 0 Å². The molecule has 2 heterocycles. The van der Waals surface area contributed by atoms with Gasteiger partial charge in [0.25, 0.3) is 5.56 Å². The van der Waals surface area contributed by atoms with Crippen molar-refractivity contribution in [3.05, 3.63) is 69.4 Å². The molecule has 0 aliphatic carbocycles. The van der Waals surface area contributed by atoms with Gasteiger partial charge in [0.1, 0.15) is 0 Å². The van der Waals surface area contributed by atoms with Crippen molar-refractivity contribution in [2.24, 2.45) is 0 Å². The zero-order valence-corrected chi connectivity index (χ0v) is 16.7. The summed E-state index contributed by atoms with van der Waals surface area (Å²) in [7, 11) is 0. The first-order valence-electron chi connectivity index (χ1n) is 9.60. The molecule has 0 aliphatic rings. The lowest BCUT2D eigenvalue weighted by Gasteiger charge is -2.12. The van der Waals surface area contributed by atoms with Gasteiger partial charge in [-0.15, -0.1) is 0 Å². The number of benzene rings is 2. The molecule has 8 heteroatoms. The molecule has 0 aliphatic heterocycles. The number of aromatic nitrogens is 4. The summed E-state index contributed by atoms with van der Waals surface area (Å²) >= 11 is 1.50. The number of aryl methyl sites for hydroxylation is 1. The maximum Gasteiger partial charge on any atom is 0.326 e. The van der Waals surface area contributed by atoms with Gasteiger partial charge in [-0.25, -0.2) is 9.78 Å². The SMILES string of the molecule is O=c1c2ccccc2nc(SCCCn2c(=O)[nH]c3ccccc32)n1CCCO. The lowest BCUT2D eigenvalue weighted by molar-refractivity contribution is 0.276. The Morgan fingerprint density at radius 1 is 0.966 bits per heavy atom. The number of thioether (sulfide) groups is 1. The first-order chi connectivity index (χ1) is 14.2. The quantitative estimate of drug-likeness (QED) is 0.265. The Morgan fingerprint density at radius 2 is 1.72 bits per heavy atom. The van der Waals surface area contributed by atoms with Crippen LogP contribution in [0.5, 0.6) is 0 Å². The lowest BCUT2D eigenvalue weighted by Crippen LogP contribution is -2.24. The highest BCUT2D eigenvalue weighted by Crippen LogP contribution is 2.19. The molecule has 2 aromatic carbocycles. The van der Waals surface area contributed by atoms with Crippen molar-refractivity contribution in [1.29, 1.82) is 0 Å². The highest BCUT2D eigenvalue weighted by Gasteiger charge is 2.12. The smallest absolute Gasteiger partial charge is 0.326 e. The average Bonchev–Trinajstić information content (AvgIpc) is 3.06. The normalized spacial score (nSPS) is 11.5. The number of rotatable bonds is 8. The summed E-state index contributed by atoms with van der Waals surface area (Å²) in [5.74, 6) is 0.718. The zero-order valence-electron chi connectivity index (χ0n) is 15.9. The summed E-state index contributed by atoms with van der Waals surface area (Å²) in [5, 5.41) is 10.4. The van der Waals surface area contributed by atoms with Crippen LogP contribution in [-0.2, 0) is 13.1 Å². The van der Waals surface area contributed by atoms with E-state index in [1.165, 1.54) is 11.8 Å². The van der Waals surface area contributed by atoms with Gasteiger partial charge in [-0.2, -0.15) is 0 Å². The van der Waals surface area contributed by atoms with E-state index < -0.39 is 0 Å². The van der Waals surface area contributed by atoms with Crippen LogP contribution in [0.3, 0.4) is 0 Å². The van der Waals surface area contributed by atoms with Crippen LogP contribution in [0.25, 0.3) is 21.9 Å². The van der Waals surface area contributed by atoms with Gasteiger partial charge in [-0.1, -0.05) is 36.0 Å². The molecule has 7 nitrogen and oxygen atoms in total. The van der Waals surface area contributed by atoms with Crippen LogP contribution in [0.4, 0.5) is 0 Å². The summed E-state index contributed by atoms with van der Waals surface area (Å²) in [6.07, 6.45) is 1.26. The minimum absolute atomic E-state index is 0.0207. The first kappa shape index (κ1) is 19.5. The van der Waals surface area contributed by atoms with E-state index in [9.17, 15) is 14.7 Å². The fourth-order valence-electron chi connectivity index (χ4n) is 3.40. The van der Waals surface area contributed by atoms with Crippen LogP contribution in [0, 0.1) is 0 Å². The van der Waals surface area contributed by atoms with Crippen LogP contribution in [0.1, 0.15) is 12.8 Å². The number of hydrogen-bond donors (Lipinski definition) is 2. The number of aliphatic hydroxyl groups is 1. The van der Waals surface area contributed by atoms with E-state index in [1.54, 1.807) is 15.2 Å². The molecule has 0 spiro atoms. The van der Waals surface area contributed by atoms with Crippen LogP contribution in [0.15, 0.2) is 63.3 Å². The largest absolute Gasteiger partial charge is 0.396 e. The standard InChI is InChI=1S/C21H22N4O3S/c26-13-5-11-25-19(27)15-7-1-2-8-16(15)23-21(25)29-14-6-12-24-18-10-4-3-9-17(18)22-20(24)28/h1-4,7-10,26H,5-6,11-14H2,(H,22,28). The number of H-pyrrole nitrogens is 1. The van der Waals surface area contributed by atoms with Crippen molar-refractivity contribution in [2.45, 2.75) is 31.1 Å². The van der Waals surface area contributed by atoms with Gasteiger partial charge in [0.2, 0.25) is 0 Å². The van der Waals surface area contributed by atoms with Crippen molar-refractivity contribution in [3.63, 3.8) is 0 Å². The van der Waals surface area contributed by atoms with E-state index in [2.05, 4.69) is 9.97 Å². The monoisotopic (exact) mass is 410 g/mol. The number of aliphatic hydroxyl groups excluding tert-OH is 1. The number of hydrogen-bond acceptors (Lipinski definition) is 5. The van der Waals surface area contributed by atoms with Crippen molar-refractivity contribution in [3.8, 4) is 0 Å². The Morgan fingerprint density at radius 3 is 2.59 bits per heavy atom. The second-order valence-electron chi connectivity index (χ2n) is 6.75. The number of nitrogens with zero attached hydrogens (tertiary/aromatic N) is 3. The van der Waals surface area contributed by atoms with E-state index in [0.29, 0.717) is 35.6 Å². The number of para-hydroxylation sites is 3. The maximum atomic E-state index is 12.8. The second-order valence-corrected chi connectivity index (χ2v) is 7.81. The molecule has 150 valence electrons. The molecular weight excluding hydrogens is 388 g/mol. The number of fused-ring (bicyclic) bond motifs is 2. The van der Waals surface area contributed by atoms with Crippen LogP contribution in [-0.4, -0.2) is 36.6 Å². The third-order valence-corrected chi connectivity index (χ3v) is 5.87. The minimum Gasteiger partial charge on any atom is -0.396 e. The van der Waals surface area contributed by atoms with Crippen molar-refractivity contribution >= 4 is 33.7 Å². The maximum absolute atomic E-state index is 12.8. The number of imidazole rings is 1. The Bertz CT molecular complexity index is 1260. The molecule has 0 amide bonds. The van der Waals surface area contributed by atoms with Crippen molar-refractivity contribution in [1.82, 2.24) is 19.1 Å². The number of aromatic amines is 1. The molecule has 0 radical (unpaired) electrons. The summed E-state index contributed by atoms with van der Waals surface area (Å²) in [6, 6.07) is 14.9. The van der Waals surface area contributed by atoms with Gasteiger partial charge >= 0.3 is 5.69 Å². The molecule has 0 atom stereocenters. The molecule has 4 aromatic rings. The molecule has 0 fully saturated rings. The average molecular weight is 410 g/mol. The van der Waals surface area contributed by atoms with E-state index in [0.717, 1.165) is 23.2 Å². The molecule has 0 saturated carbocycles. The van der Waals surface area contributed by atoms with Gasteiger partial charge < -0.3 is 10.1 Å². The predicted molar refractivity (Wildman–Crippen MR) is 116 cm³/mol. The summed E-state index contributed by atoms with van der Waals surface area (Å²) in [5.41, 5.74) is 2.21. The molecule has 2 aromatic heterocycles. The first-order valence-corrected chi connectivity index (χ1v) is 10.6. The zero-order chi connectivity index (χ0) is 20.2. The summed E-state index contributed by atoms with van der Waals surface area (Å²) in [6.45, 7) is 1.04. The van der Waals surface area contributed by atoms with Crippen LogP contribution < -0.4 is 11.2 Å². The van der Waals surface area contributed by atoms with E-state index in [-0.39, 0.29) is 17.9 Å². The Balaban J connectivity index is 1.52. The van der Waals surface area contributed by atoms with Gasteiger partial charge in [0, 0.05) is 25.4 Å². The topological polar surface area (TPSA) is 92.9 Å². The van der Waals surface area contributed by atoms with Crippen LogP contribution in [0.2, 0.25) is 0 Å². The van der Waals surface area contributed by atoms with Gasteiger partial charge in [-0.05, 0) is 37.1 Å². The lowest BCUT2D eigenvalue weighted by atomic mass is 10.2. The predicted octanol–water partition coefficient (Wildman–Crippen LogP) is 2.60. The summed E-state index contributed by atoms with van der Waals surface area (Å²) in [4.78, 5) is 32.6. The van der Waals surface area contributed by atoms with E-state index in [4.69, 9.17) is 0 Å². The molecule has 4 rings (SSSR count). The second kappa shape index (κ2) is 8.67. The van der Waals surface area contributed by atoms with Crippen molar-refractivity contribution in [2.75, 3.05) is 12.4 Å². The molecule has 0 bridgehead atoms. The van der Waals surface area contributed by atoms with Gasteiger partial charge in [-0.3, -0.25) is 13.9 Å². The Hall–Kier alpha value is -2.84. The third kappa shape index (κ3) is 3.99. The van der Waals surface area contributed by atoms with Gasteiger partial charge in [0.15, 0.2) is 5.16 Å². The Labute approximate surface area is 171 Å². The molecule has 2 N–H and O–H groups in total. The van der Waals surface area contributed by atoms with Crippen LogP contribution >= 0.6 is 11.8 Å². The highest BCUT2D eigenvalue weighted by atomic mass is 32.2. The minimum atomic E-state index is -0.111. The molecule has 0 unspecified atom stereocenters. The fraction of sp³-hybridized carbons (Fsp3) is 0.286. The highest BCUT2D eigenvalue weighted by molar-refractivity contribution is 7.99. The fourth-order valence-corrected chi connectivity index (χ4v) is 4.35. The molecular formula is C21H22N4O3S. The summed E-state index contributed by atoms with van der Waals surface area (Å²) < 4.78 is 3.38. The number of nitrogens with one attached hydrogen (secondary N) is 1.